The van der Waals surface area contributed by atoms with Crippen LogP contribution < -0.4 is 0 Å². The Bertz CT molecular complexity index is 703. The van der Waals surface area contributed by atoms with Crippen LogP contribution in [0.15, 0.2) is 11.6 Å². The van der Waals surface area contributed by atoms with Crippen molar-refractivity contribution in [3.05, 3.63) is 11.6 Å². The van der Waals surface area contributed by atoms with E-state index < -0.39 is 5.60 Å². The maximum absolute atomic E-state index is 12.1. The van der Waals surface area contributed by atoms with E-state index in [9.17, 15) is 20.1 Å². The molecule has 0 aromatic rings. The van der Waals surface area contributed by atoms with Crippen molar-refractivity contribution < 1.29 is 24.9 Å². The highest BCUT2D eigenvalue weighted by Gasteiger charge is 2.68. The van der Waals surface area contributed by atoms with E-state index in [1.807, 2.05) is 0 Å². The van der Waals surface area contributed by atoms with E-state index in [4.69, 9.17) is 4.74 Å². The number of rotatable bonds is 2. The van der Waals surface area contributed by atoms with Gasteiger partial charge in [0.1, 0.15) is 6.61 Å². The monoisotopic (exact) mass is 390 g/mol. The van der Waals surface area contributed by atoms with Gasteiger partial charge >= 0.3 is 5.97 Å². The molecule has 0 aromatic carbocycles. The van der Waals surface area contributed by atoms with Crippen LogP contribution in [-0.2, 0) is 9.53 Å². The van der Waals surface area contributed by atoms with Gasteiger partial charge in [0.15, 0.2) is 0 Å². The fourth-order valence-electron chi connectivity index (χ4n) is 8.49. The van der Waals surface area contributed by atoms with Crippen LogP contribution in [0.1, 0.15) is 64.7 Å². The third-order valence-electron chi connectivity index (χ3n) is 9.95. The predicted octanol–water partition coefficient (Wildman–Crippen LogP) is 2.58. The Morgan fingerprint density at radius 3 is 2.64 bits per heavy atom. The van der Waals surface area contributed by atoms with E-state index >= 15 is 0 Å². The molecule has 0 bridgehead atoms. The first-order chi connectivity index (χ1) is 13.3. The Balaban J connectivity index is 1.48. The molecule has 0 aromatic heterocycles. The second kappa shape index (κ2) is 6.29. The van der Waals surface area contributed by atoms with Gasteiger partial charge in [0.05, 0.1) is 11.7 Å². The van der Waals surface area contributed by atoms with Gasteiger partial charge in [-0.15, -0.1) is 0 Å². The van der Waals surface area contributed by atoms with Crippen molar-refractivity contribution in [1.82, 2.24) is 0 Å². The van der Waals surface area contributed by atoms with Gasteiger partial charge in [-0.05, 0) is 92.4 Å². The summed E-state index contributed by atoms with van der Waals surface area (Å²) < 4.78 is 5.19. The first kappa shape index (κ1) is 19.1. The van der Waals surface area contributed by atoms with E-state index in [0.29, 0.717) is 18.4 Å². The lowest BCUT2D eigenvalue weighted by atomic mass is 9.43. The molecule has 156 valence electrons. The van der Waals surface area contributed by atoms with Crippen LogP contribution >= 0.6 is 0 Å². The fourth-order valence-corrected chi connectivity index (χ4v) is 8.49. The number of esters is 1. The minimum Gasteiger partial charge on any atom is -0.458 e. The first-order valence-corrected chi connectivity index (χ1v) is 11.2. The zero-order valence-electron chi connectivity index (χ0n) is 16.9. The van der Waals surface area contributed by atoms with Gasteiger partial charge < -0.3 is 20.1 Å². The number of ether oxygens (including phenoxy) is 1. The van der Waals surface area contributed by atoms with E-state index in [1.54, 1.807) is 6.08 Å². The van der Waals surface area contributed by atoms with Gasteiger partial charge in [0.25, 0.3) is 0 Å². The average Bonchev–Trinajstić information content (AvgIpc) is 3.22. The van der Waals surface area contributed by atoms with Crippen molar-refractivity contribution in [2.75, 3.05) is 13.2 Å². The molecular formula is C23H34O5. The smallest absolute Gasteiger partial charge is 0.331 e. The number of carbonyl (C=O) groups excluding carboxylic acids is 1. The van der Waals surface area contributed by atoms with Gasteiger partial charge in [-0.3, -0.25) is 0 Å². The van der Waals surface area contributed by atoms with Crippen LogP contribution in [0.3, 0.4) is 0 Å². The Labute approximate surface area is 167 Å². The summed E-state index contributed by atoms with van der Waals surface area (Å²) in [5.74, 6) is 0.866. The van der Waals surface area contributed by atoms with Crippen molar-refractivity contribution in [3.8, 4) is 0 Å². The van der Waals surface area contributed by atoms with E-state index in [2.05, 4.69) is 6.92 Å². The zero-order valence-corrected chi connectivity index (χ0v) is 16.9. The van der Waals surface area contributed by atoms with Gasteiger partial charge in [-0.25, -0.2) is 4.79 Å². The number of hydrogen-bond acceptors (Lipinski definition) is 5. The molecule has 3 N–H and O–H groups in total. The number of aliphatic hydroxyl groups excluding tert-OH is 2. The average molecular weight is 391 g/mol. The maximum Gasteiger partial charge on any atom is 0.331 e. The molecule has 1 heterocycles. The van der Waals surface area contributed by atoms with Crippen molar-refractivity contribution in [3.63, 3.8) is 0 Å². The minimum absolute atomic E-state index is 0.136. The van der Waals surface area contributed by atoms with Crippen LogP contribution in [0.25, 0.3) is 0 Å². The molecule has 4 aliphatic carbocycles. The molecule has 1 aliphatic heterocycles. The SMILES string of the molecule is C[C@]12CC[C@H]3[C@@H](CC[C@@H]4C[C@@H](O)CC[C@@]43CO)[C@@]1(O)CC[C@@H]2C1=CC(=O)OC1. The quantitative estimate of drug-likeness (QED) is 0.631. The number of fused-ring (bicyclic) bond motifs is 5. The molecule has 4 fully saturated rings. The van der Waals surface area contributed by atoms with Crippen LogP contribution in [0.5, 0.6) is 0 Å². The lowest BCUT2D eigenvalue weighted by Crippen LogP contribution is -2.63. The Kier molecular flexibility index (Phi) is 4.29. The molecule has 5 heteroatoms. The second-order valence-corrected chi connectivity index (χ2v) is 10.6. The van der Waals surface area contributed by atoms with Gasteiger partial charge in [-0.2, -0.15) is 0 Å². The van der Waals surface area contributed by atoms with E-state index in [0.717, 1.165) is 63.4 Å². The molecule has 0 spiro atoms. The second-order valence-electron chi connectivity index (χ2n) is 10.6. The molecule has 0 radical (unpaired) electrons. The minimum atomic E-state index is -0.740. The van der Waals surface area contributed by atoms with Crippen molar-refractivity contribution in [2.24, 2.45) is 34.5 Å². The third kappa shape index (κ3) is 2.33. The molecule has 28 heavy (non-hydrogen) atoms. The van der Waals surface area contributed by atoms with Crippen molar-refractivity contribution in [1.29, 1.82) is 0 Å². The summed E-state index contributed by atoms with van der Waals surface area (Å²) in [6.07, 6.45) is 9.47. The Morgan fingerprint density at radius 2 is 1.93 bits per heavy atom. The van der Waals surface area contributed by atoms with Crippen LogP contribution in [0, 0.1) is 34.5 Å². The molecule has 8 atom stereocenters. The predicted molar refractivity (Wildman–Crippen MR) is 103 cm³/mol. The summed E-state index contributed by atoms with van der Waals surface area (Å²) >= 11 is 0. The highest BCUT2D eigenvalue weighted by molar-refractivity contribution is 5.85. The lowest BCUT2D eigenvalue weighted by Gasteiger charge is -2.64. The normalized spacial score (nSPS) is 53.1. The molecule has 0 amide bonds. The molecule has 5 aliphatic rings. The van der Waals surface area contributed by atoms with Gasteiger partial charge in [0.2, 0.25) is 0 Å². The summed E-state index contributed by atoms with van der Waals surface area (Å²) in [6, 6.07) is 0. The molecule has 5 nitrogen and oxygen atoms in total. The Hall–Kier alpha value is -0.910. The number of carbonyl (C=O) groups is 1. The summed E-state index contributed by atoms with van der Waals surface area (Å²) in [5, 5.41) is 32.8. The summed E-state index contributed by atoms with van der Waals surface area (Å²) in [5.41, 5.74) is -0.0431. The van der Waals surface area contributed by atoms with Crippen LogP contribution in [-0.4, -0.2) is 46.2 Å². The number of cyclic esters (lactones) is 1. The highest BCUT2D eigenvalue weighted by atomic mass is 16.5. The maximum atomic E-state index is 12.1. The van der Waals surface area contributed by atoms with E-state index in [-0.39, 0.29) is 41.3 Å². The topological polar surface area (TPSA) is 87.0 Å². The standard InChI is InChI=1S/C23H34O5/c1-21-7-5-18-19(3-2-15-11-16(25)4-8-22(15,18)13-24)23(21,27)9-6-17(21)14-10-20(26)28-12-14/h10,15-19,24-25,27H,2-9,11-13H2,1H3/t15-,16+,17-,18+,19-,21-,22-,23+/m1/s1. The van der Waals surface area contributed by atoms with Gasteiger partial charge in [-0.1, -0.05) is 6.92 Å². The lowest BCUT2D eigenvalue weighted by molar-refractivity contribution is -0.219. The summed E-state index contributed by atoms with van der Waals surface area (Å²) in [7, 11) is 0. The van der Waals surface area contributed by atoms with Crippen molar-refractivity contribution in [2.45, 2.75) is 76.4 Å². The summed E-state index contributed by atoms with van der Waals surface area (Å²) in [6.45, 7) is 2.78. The first-order valence-electron chi connectivity index (χ1n) is 11.2. The zero-order chi connectivity index (χ0) is 19.7. The fraction of sp³-hybridized carbons (Fsp3) is 0.870. The van der Waals surface area contributed by atoms with Crippen LogP contribution in [0.2, 0.25) is 0 Å². The largest absolute Gasteiger partial charge is 0.458 e. The highest BCUT2D eigenvalue weighted by Crippen LogP contribution is 2.69. The number of aliphatic hydroxyl groups is 3. The molecule has 0 unspecified atom stereocenters. The molecule has 0 saturated heterocycles. The summed E-state index contributed by atoms with van der Waals surface area (Å²) in [4.78, 5) is 11.6. The molecule has 4 saturated carbocycles. The van der Waals surface area contributed by atoms with Crippen LogP contribution in [0.4, 0.5) is 0 Å². The molecule has 5 rings (SSSR count). The number of hydrogen-bond donors (Lipinski definition) is 3. The van der Waals surface area contributed by atoms with Gasteiger partial charge in [0, 0.05) is 18.1 Å². The Morgan fingerprint density at radius 1 is 1.11 bits per heavy atom. The van der Waals surface area contributed by atoms with E-state index in [1.165, 1.54) is 0 Å². The van der Waals surface area contributed by atoms with Crippen molar-refractivity contribution >= 4 is 5.97 Å². The molecular weight excluding hydrogens is 356 g/mol. The third-order valence-corrected chi connectivity index (χ3v) is 9.95.